The normalized spacial score (nSPS) is 21.8. The lowest BCUT2D eigenvalue weighted by Gasteiger charge is -2.23. The molecule has 2 aromatic heterocycles. The molecule has 2 fully saturated rings. The number of piperidine rings is 1. The fourth-order valence-electron chi connectivity index (χ4n) is 5.05. The fourth-order valence-corrected chi connectivity index (χ4v) is 5.05. The third-order valence-corrected chi connectivity index (χ3v) is 6.56. The Kier molecular flexibility index (Phi) is 4.39. The second-order valence-corrected chi connectivity index (χ2v) is 8.57. The molecule has 1 saturated carbocycles. The van der Waals surface area contributed by atoms with Gasteiger partial charge in [0.25, 0.3) is 5.91 Å². The van der Waals surface area contributed by atoms with Crippen molar-refractivity contribution in [3.8, 4) is 11.3 Å². The summed E-state index contributed by atoms with van der Waals surface area (Å²) in [5, 5.41) is 12.2. The zero-order valence-electron chi connectivity index (χ0n) is 17.4. The number of carbonyl (C=O) groups is 1. The highest BCUT2D eigenvalue weighted by atomic mass is 16.1. The van der Waals surface area contributed by atoms with E-state index in [4.69, 9.17) is 10.8 Å². The highest BCUT2D eigenvalue weighted by Gasteiger charge is 2.42. The molecule has 0 radical (unpaired) electrons. The van der Waals surface area contributed by atoms with Crippen molar-refractivity contribution in [1.29, 1.82) is 0 Å². The number of nitrogens with zero attached hydrogens (tertiary/aromatic N) is 4. The van der Waals surface area contributed by atoms with Crippen LogP contribution in [0, 0.1) is 5.92 Å². The summed E-state index contributed by atoms with van der Waals surface area (Å²) in [7, 11) is 0. The topological polar surface area (TPSA) is 111 Å². The van der Waals surface area contributed by atoms with E-state index in [0.29, 0.717) is 29.0 Å². The lowest BCUT2D eigenvalue weighted by atomic mass is 10.1. The summed E-state index contributed by atoms with van der Waals surface area (Å²) in [5.74, 6) is 0.895. The number of fused-ring (bicyclic) bond motifs is 3. The van der Waals surface area contributed by atoms with Crippen molar-refractivity contribution in [3.63, 3.8) is 0 Å². The van der Waals surface area contributed by atoms with Crippen LogP contribution in [0.15, 0.2) is 60.9 Å². The Balaban J connectivity index is 1.41. The number of anilines is 2. The van der Waals surface area contributed by atoms with Gasteiger partial charge in [-0.1, -0.05) is 30.3 Å². The zero-order valence-corrected chi connectivity index (χ0v) is 17.4. The molecule has 4 N–H and O–H groups in total. The number of hydrogen-bond donors (Lipinski definition) is 3. The number of hydrogen-bond acceptors (Lipinski definition) is 6. The van der Waals surface area contributed by atoms with E-state index in [1.807, 2.05) is 53.2 Å². The molecule has 8 nitrogen and oxygen atoms in total. The first-order valence-electron chi connectivity index (χ1n) is 10.9. The van der Waals surface area contributed by atoms with Gasteiger partial charge in [-0.15, -0.1) is 0 Å². The number of nitrogen functional groups attached to an aromatic ring is 1. The van der Waals surface area contributed by atoms with Crippen LogP contribution >= 0.6 is 0 Å². The second-order valence-electron chi connectivity index (χ2n) is 8.57. The molecule has 2 aromatic carbocycles. The van der Waals surface area contributed by atoms with Crippen molar-refractivity contribution in [2.45, 2.75) is 24.9 Å². The maximum atomic E-state index is 12.8. The molecule has 160 valence electrons. The Morgan fingerprint density at radius 3 is 2.75 bits per heavy atom. The van der Waals surface area contributed by atoms with Gasteiger partial charge < -0.3 is 16.4 Å². The largest absolute Gasteiger partial charge is 0.383 e. The van der Waals surface area contributed by atoms with E-state index in [1.54, 1.807) is 6.07 Å². The van der Waals surface area contributed by atoms with Gasteiger partial charge in [0, 0.05) is 22.9 Å². The van der Waals surface area contributed by atoms with Gasteiger partial charge in [0.1, 0.15) is 17.8 Å². The Labute approximate surface area is 184 Å². The average molecular weight is 425 g/mol. The first-order chi connectivity index (χ1) is 15.7. The number of carbonyl (C=O) groups excluding carboxylic acids is 1. The fraction of sp³-hybridized carbons (Fsp3) is 0.250. The molecule has 32 heavy (non-hydrogen) atoms. The van der Waals surface area contributed by atoms with Crippen LogP contribution in [-0.4, -0.2) is 38.2 Å². The summed E-state index contributed by atoms with van der Waals surface area (Å²) in [6.07, 6.45) is 3.73. The van der Waals surface area contributed by atoms with E-state index in [1.165, 1.54) is 6.33 Å². The van der Waals surface area contributed by atoms with E-state index < -0.39 is 0 Å². The number of benzene rings is 2. The minimum Gasteiger partial charge on any atom is -0.383 e. The molecular weight excluding hydrogens is 402 g/mol. The summed E-state index contributed by atoms with van der Waals surface area (Å²) in [4.78, 5) is 21.6. The third-order valence-electron chi connectivity index (χ3n) is 6.56. The Hall–Kier alpha value is -3.78. The first kappa shape index (κ1) is 18.9. The molecule has 4 aromatic rings. The number of para-hydroxylation sites is 1. The van der Waals surface area contributed by atoms with Crippen molar-refractivity contribution in [1.82, 2.24) is 25.1 Å². The van der Waals surface area contributed by atoms with Crippen molar-refractivity contribution in [2.75, 3.05) is 17.6 Å². The van der Waals surface area contributed by atoms with Gasteiger partial charge in [-0.2, -0.15) is 5.10 Å². The van der Waals surface area contributed by atoms with Gasteiger partial charge in [-0.3, -0.25) is 4.79 Å². The van der Waals surface area contributed by atoms with E-state index in [2.05, 4.69) is 20.6 Å². The molecule has 2 bridgehead atoms. The maximum absolute atomic E-state index is 12.8. The Morgan fingerprint density at radius 2 is 1.97 bits per heavy atom. The predicted molar refractivity (Wildman–Crippen MR) is 123 cm³/mol. The SMILES string of the molecule is Nc1ncnc2c1c(-c1cccc(C(=O)Nc3ccccc3)c1)nn2C1CC2CNC1C2. The monoisotopic (exact) mass is 425 g/mol. The van der Waals surface area contributed by atoms with Gasteiger partial charge >= 0.3 is 0 Å². The smallest absolute Gasteiger partial charge is 0.255 e. The molecule has 1 amide bonds. The van der Waals surface area contributed by atoms with E-state index in [-0.39, 0.29) is 11.9 Å². The standard InChI is InChI=1S/C24H23N7O/c25-22-20-21(15-5-4-6-16(11-15)24(32)29-17-7-2-1-3-8-17)30-31(23(20)28-13-27-22)19-10-14-9-18(19)26-12-14/h1-8,11,13-14,18-19,26H,9-10,12H2,(H,29,32)(H2,25,27,28). The molecule has 1 saturated heterocycles. The van der Waals surface area contributed by atoms with Crippen molar-refractivity contribution < 1.29 is 4.79 Å². The van der Waals surface area contributed by atoms with Crippen LogP contribution in [0.3, 0.4) is 0 Å². The number of aromatic nitrogens is 4. The molecule has 1 aliphatic carbocycles. The van der Waals surface area contributed by atoms with Crippen molar-refractivity contribution >= 4 is 28.4 Å². The molecule has 1 aliphatic heterocycles. The van der Waals surface area contributed by atoms with E-state index in [0.717, 1.165) is 41.7 Å². The number of amides is 1. The zero-order chi connectivity index (χ0) is 21.7. The van der Waals surface area contributed by atoms with Gasteiger partial charge in [-0.05, 0) is 49.6 Å². The third kappa shape index (κ3) is 3.11. The summed E-state index contributed by atoms with van der Waals surface area (Å²) >= 11 is 0. The Bertz CT molecular complexity index is 1320. The van der Waals surface area contributed by atoms with Crippen molar-refractivity contribution in [3.05, 3.63) is 66.5 Å². The molecule has 0 spiro atoms. The maximum Gasteiger partial charge on any atom is 0.255 e. The van der Waals surface area contributed by atoms with Gasteiger partial charge in [0.05, 0.1) is 11.4 Å². The van der Waals surface area contributed by atoms with Crippen LogP contribution in [0.1, 0.15) is 29.2 Å². The van der Waals surface area contributed by atoms with Crippen molar-refractivity contribution in [2.24, 2.45) is 5.92 Å². The first-order valence-corrected chi connectivity index (χ1v) is 10.9. The summed E-state index contributed by atoms with van der Waals surface area (Å²) in [6, 6.07) is 17.5. The molecule has 8 heteroatoms. The lowest BCUT2D eigenvalue weighted by Crippen LogP contribution is -2.35. The summed E-state index contributed by atoms with van der Waals surface area (Å²) in [5.41, 5.74) is 9.84. The predicted octanol–water partition coefficient (Wildman–Crippen LogP) is 3.25. The molecule has 6 rings (SSSR count). The van der Waals surface area contributed by atoms with Crippen LogP contribution in [0.4, 0.5) is 11.5 Å². The van der Waals surface area contributed by atoms with Crippen LogP contribution in [0.2, 0.25) is 0 Å². The average Bonchev–Trinajstić information content (AvgIpc) is 3.54. The van der Waals surface area contributed by atoms with E-state index >= 15 is 0 Å². The summed E-state index contributed by atoms with van der Waals surface area (Å²) < 4.78 is 2.01. The van der Waals surface area contributed by atoms with Crippen LogP contribution in [0.25, 0.3) is 22.3 Å². The number of nitrogens with two attached hydrogens (primary N) is 1. The van der Waals surface area contributed by atoms with Crippen LogP contribution < -0.4 is 16.4 Å². The highest BCUT2D eigenvalue weighted by Crippen LogP contribution is 2.42. The van der Waals surface area contributed by atoms with Gasteiger partial charge in [-0.25, -0.2) is 14.6 Å². The highest BCUT2D eigenvalue weighted by molar-refractivity contribution is 6.06. The number of rotatable bonds is 4. The van der Waals surface area contributed by atoms with Crippen LogP contribution in [0.5, 0.6) is 0 Å². The lowest BCUT2D eigenvalue weighted by molar-refractivity contribution is 0.102. The second kappa shape index (κ2) is 7.42. The minimum atomic E-state index is -0.177. The molecule has 3 unspecified atom stereocenters. The minimum absolute atomic E-state index is 0.177. The summed E-state index contributed by atoms with van der Waals surface area (Å²) in [6.45, 7) is 1.07. The quantitative estimate of drug-likeness (QED) is 0.463. The molecule has 3 atom stereocenters. The van der Waals surface area contributed by atoms with Gasteiger partial charge in [0.15, 0.2) is 5.65 Å². The molecular formula is C24H23N7O. The van der Waals surface area contributed by atoms with E-state index in [9.17, 15) is 4.79 Å². The van der Waals surface area contributed by atoms with Gasteiger partial charge in [0.2, 0.25) is 0 Å². The van der Waals surface area contributed by atoms with Crippen LogP contribution in [-0.2, 0) is 0 Å². The molecule has 2 aliphatic rings. The number of nitrogens with one attached hydrogen (secondary N) is 2. The Morgan fingerprint density at radius 1 is 1.09 bits per heavy atom. The molecule has 3 heterocycles.